The largest absolute Gasteiger partial charge is 0.465 e. The lowest BCUT2D eigenvalue weighted by Gasteiger charge is -2.02. The van der Waals surface area contributed by atoms with E-state index in [1.165, 1.54) is 7.11 Å². The molecule has 0 unspecified atom stereocenters. The molecule has 72 valence electrons. The van der Waals surface area contributed by atoms with Crippen LogP contribution in [0.2, 0.25) is 0 Å². The van der Waals surface area contributed by atoms with Crippen molar-refractivity contribution < 1.29 is 9.53 Å². The van der Waals surface area contributed by atoms with E-state index < -0.39 is 0 Å². The molecule has 0 amide bonds. The maximum absolute atomic E-state index is 11.3. The minimum absolute atomic E-state index is 0.314. The zero-order valence-electron chi connectivity index (χ0n) is 8.00. The van der Waals surface area contributed by atoms with Crippen molar-refractivity contribution in [1.29, 1.82) is 0 Å². The number of hydrogen-bond acceptors (Lipinski definition) is 3. The van der Waals surface area contributed by atoms with Crippen molar-refractivity contribution in [3.8, 4) is 0 Å². The fourth-order valence-electron chi connectivity index (χ4n) is 1.43. The Morgan fingerprint density at radius 3 is 3.00 bits per heavy atom. The minimum atomic E-state index is -0.314. The van der Waals surface area contributed by atoms with E-state index in [1.807, 2.05) is 13.0 Å². The molecule has 0 bridgehead atoms. The maximum Gasteiger partial charge on any atom is 0.338 e. The molecule has 1 heterocycles. The topological polar surface area (TPSA) is 55.0 Å². The van der Waals surface area contributed by atoms with Crippen LogP contribution in [0.25, 0.3) is 10.9 Å². The summed E-state index contributed by atoms with van der Waals surface area (Å²) in [6.45, 7) is 1.87. The van der Waals surface area contributed by atoms with Gasteiger partial charge < -0.3 is 4.74 Å². The number of ether oxygens (including phenoxy) is 1. The summed E-state index contributed by atoms with van der Waals surface area (Å²) in [6, 6.07) is 3.66. The van der Waals surface area contributed by atoms with Crippen molar-refractivity contribution in [1.82, 2.24) is 10.2 Å². The molecule has 2 rings (SSSR count). The van der Waals surface area contributed by atoms with Gasteiger partial charge in [-0.1, -0.05) is 0 Å². The number of nitrogens with one attached hydrogen (secondary N) is 1. The van der Waals surface area contributed by atoms with Crippen LogP contribution in [0.1, 0.15) is 15.9 Å². The second-order valence-corrected chi connectivity index (χ2v) is 3.12. The number of fused-ring (bicyclic) bond motifs is 1. The smallest absolute Gasteiger partial charge is 0.338 e. The molecular formula is C10H10N2O2. The van der Waals surface area contributed by atoms with Crippen LogP contribution in [0.4, 0.5) is 0 Å². The Bertz CT molecular complexity index is 488. The minimum Gasteiger partial charge on any atom is -0.465 e. The van der Waals surface area contributed by atoms with Crippen molar-refractivity contribution >= 4 is 16.9 Å². The number of carbonyl (C=O) groups is 1. The highest BCUT2D eigenvalue weighted by molar-refractivity contribution is 5.96. The van der Waals surface area contributed by atoms with Crippen LogP contribution in [0, 0.1) is 6.92 Å². The number of aromatic nitrogens is 2. The van der Waals surface area contributed by atoms with Crippen LogP contribution in [0.15, 0.2) is 18.3 Å². The average molecular weight is 190 g/mol. The van der Waals surface area contributed by atoms with Crippen LogP contribution in [-0.4, -0.2) is 23.3 Å². The molecule has 4 heteroatoms. The fraction of sp³-hybridized carbons (Fsp3) is 0.200. The molecule has 0 fully saturated rings. The van der Waals surface area contributed by atoms with Crippen molar-refractivity contribution in [3.63, 3.8) is 0 Å². The standard InChI is InChI=1S/C10H10N2O2/c1-6-3-9-7(5-11-12-9)4-8(6)10(13)14-2/h3-5H,1-2H3,(H,11,12). The van der Waals surface area contributed by atoms with Gasteiger partial charge >= 0.3 is 5.97 Å². The Morgan fingerprint density at radius 2 is 2.29 bits per heavy atom. The van der Waals surface area contributed by atoms with E-state index in [0.717, 1.165) is 16.5 Å². The highest BCUT2D eigenvalue weighted by Gasteiger charge is 2.10. The zero-order chi connectivity index (χ0) is 10.1. The summed E-state index contributed by atoms with van der Waals surface area (Å²) in [4.78, 5) is 11.3. The van der Waals surface area contributed by atoms with Gasteiger partial charge in [-0.3, -0.25) is 5.10 Å². The van der Waals surface area contributed by atoms with Crippen molar-refractivity contribution in [3.05, 3.63) is 29.5 Å². The van der Waals surface area contributed by atoms with Gasteiger partial charge in [0.25, 0.3) is 0 Å². The van der Waals surface area contributed by atoms with Crippen molar-refractivity contribution in [2.24, 2.45) is 0 Å². The number of methoxy groups -OCH3 is 1. The monoisotopic (exact) mass is 190 g/mol. The summed E-state index contributed by atoms with van der Waals surface area (Å²) in [6.07, 6.45) is 1.68. The molecule has 0 atom stereocenters. The van der Waals surface area contributed by atoms with Crippen LogP contribution in [0.3, 0.4) is 0 Å². The van der Waals surface area contributed by atoms with E-state index in [0.29, 0.717) is 5.56 Å². The lowest BCUT2D eigenvalue weighted by Crippen LogP contribution is -2.03. The van der Waals surface area contributed by atoms with E-state index in [9.17, 15) is 4.79 Å². The summed E-state index contributed by atoms with van der Waals surface area (Å²) in [5.41, 5.74) is 2.39. The van der Waals surface area contributed by atoms with Gasteiger partial charge in [-0.2, -0.15) is 5.10 Å². The molecule has 0 aliphatic carbocycles. The van der Waals surface area contributed by atoms with Gasteiger partial charge in [-0.25, -0.2) is 4.79 Å². The summed E-state index contributed by atoms with van der Waals surface area (Å²) >= 11 is 0. The Morgan fingerprint density at radius 1 is 1.50 bits per heavy atom. The Kier molecular flexibility index (Phi) is 1.96. The summed E-state index contributed by atoms with van der Waals surface area (Å²) in [7, 11) is 1.38. The SMILES string of the molecule is COC(=O)c1cc2cn[nH]c2cc1C. The third-order valence-corrected chi connectivity index (χ3v) is 2.19. The Hall–Kier alpha value is -1.84. The lowest BCUT2D eigenvalue weighted by atomic mass is 10.1. The molecule has 1 aromatic carbocycles. The third kappa shape index (κ3) is 1.25. The number of benzene rings is 1. The van der Waals surface area contributed by atoms with Gasteiger partial charge in [0.15, 0.2) is 0 Å². The molecule has 1 N–H and O–H groups in total. The molecule has 2 aromatic rings. The second-order valence-electron chi connectivity index (χ2n) is 3.12. The fourth-order valence-corrected chi connectivity index (χ4v) is 1.43. The first kappa shape index (κ1) is 8.74. The van der Waals surface area contributed by atoms with E-state index >= 15 is 0 Å². The number of carbonyl (C=O) groups excluding carboxylic acids is 1. The predicted molar refractivity (Wildman–Crippen MR) is 52.2 cm³/mol. The molecular weight excluding hydrogens is 180 g/mol. The van der Waals surface area contributed by atoms with E-state index in [2.05, 4.69) is 14.9 Å². The number of esters is 1. The van der Waals surface area contributed by atoms with Gasteiger partial charge in [0.1, 0.15) is 0 Å². The molecule has 14 heavy (non-hydrogen) atoms. The van der Waals surface area contributed by atoms with Gasteiger partial charge in [-0.05, 0) is 24.6 Å². The van der Waals surface area contributed by atoms with Crippen molar-refractivity contribution in [2.75, 3.05) is 7.11 Å². The number of aromatic amines is 1. The predicted octanol–water partition coefficient (Wildman–Crippen LogP) is 1.66. The molecule has 4 nitrogen and oxygen atoms in total. The van der Waals surface area contributed by atoms with Gasteiger partial charge in [0.05, 0.1) is 24.4 Å². The van der Waals surface area contributed by atoms with Crippen molar-refractivity contribution in [2.45, 2.75) is 6.92 Å². The Labute approximate surface area is 80.9 Å². The lowest BCUT2D eigenvalue weighted by molar-refractivity contribution is 0.0600. The molecule has 0 saturated heterocycles. The van der Waals surface area contributed by atoms with E-state index in [-0.39, 0.29) is 5.97 Å². The summed E-state index contributed by atoms with van der Waals surface area (Å²) in [5, 5.41) is 7.65. The van der Waals surface area contributed by atoms with Crippen LogP contribution in [0.5, 0.6) is 0 Å². The van der Waals surface area contributed by atoms with Crippen LogP contribution < -0.4 is 0 Å². The third-order valence-electron chi connectivity index (χ3n) is 2.19. The quantitative estimate of drug-likeness (QED) is 0.696. The van der Waals surface area contributed by atoms with Gasteiger partial charge in [-0.15, -0.1) is 0 Å². The maximum atomic E-state index is 11.3. The van der Waals surface area contributed by atoms with Crippen LogP contribution in [-0.2, 0) is 4.74 Å². The molecule has 0 spiro atoms. The van der Waals surface area contributed by atoms with Crippen LogP contribution >= 0.6 is 0 Å². The summed E-state index contributed by atoms with van der Waals surface area (Å²) < 4.78 is 4.67. The van der Waals surface area contributed by atoms with E-state index in [1.54, 1.807) is 12.3 Å². The second kappa shape index (κ2) is 3.14. The number of aryl methyl sites for hydroxylation is 1. The van der Waals surface area contributed by atoms with Gasteiger partial charge in [0.2, 0.25) is 0 Å². The number of nitrogens with zero attached hydrogens (tertiary/aromatic N) is 1. The first-order chi connectivity index (χ1) is 6.72. The number of hydrogen-bond donors (Lipinski definition) is 1. The number of rotatable bonds is 1. The Balaban J connectivity index is 2.64. The normalized spacial score (nSPS) is 10.4. The molecule has 0 saturated carbocycles. The average Bonchev–Trinajstić information content (AvgIpc) is 2.62. The van der Waals surface area contributed by atoms with E-state index in [4.69, 9.17) is 0 Å². The molecule has 0 aliphatic heterocycles. The first-order valence-electron chi connectivity index (χ1n) is 4.24. The first-order valence-corrected chi connectivity index (χ1v) is 4.24. The molecule has 0 aliphatic rings. The van der Waals surface area contributed by atoms with Gasteiger partial charge in [0, 0.05) is 5.39 Å². The highest BCUT2D eigenvalue weighted by Crippen LogP contribution is 2.17. The molecule has 0 radical (unpaired) electrons. The number of H-pyrrole nitrogens is 1. The summed E-state index contributed by atoms with van der Waals surface area (Å²) in [5.74, 6) is -0.314. The zero-order valence-corrected chi connectivity index (χ0v) is 8.00. The molecule has 1 aromatic heterocycles. The highest BCUT2D eigenvalue weighted by atomic mass is 16.5.